The fourth-order valence-corrected chi connectivity index (χ4v) is 3.63. The van der Waals surface area contributed by atoms with Crippen molar-refractivity contribution in [3.8, 4) is 27.6 Å². The van der Waals surface area contributed by atoms with Gasteiger partial charge < -0.3 is 10.1 Å². The lowest BCUT2D eigenvalue weighted by atomic mass is 10.1. The Morgan fingerprint density at radius 2 is 1.89 bits per heavy atom. The number of rotatable bonds is 6. The lowest BCUT2D eigenvalue weighted by Crippen LogP contribution is -2.23. The van der Waals surface area contributed by atoms with E-state index in [0.717, 1.165) is 27.6 Å². The van der Waals surface area contributed by atoms with Crippen LogP contribution in [0.4, 0.5) is 0 Å². The summed E-state index contributed by atoms with van der Waals surface area (Å²) in [5.41, 5.74) is 3.92. The third-order valence-electron chi connectivity index (χ3n) is 4.27. The number of nitrogens with one attached hydrogen (secondary N) is 2. The number of amides is 1. The van der Waals surface area contributed by atoms with Crippen LogP contribution in [0.2, 0.25) is 0 Å². The van der Waals surface area contributed by atoms with E-state index in [1.54, 1.807) is 18.4 Å². The summed E-state index contributed by atoms with van der Waals surface area (Å²) >= 11 is 1.56. The fourth-order valence-electron chi connectivity index (χ4n) is 2.80. The average molecular weight is 390 g/mol. The lowest BCUT2D eigenvalue weighted by molar-refractivity contribution is 0.0951. The number of nitrogens with zero attached hydrogens (tertiary/aromatic N) is 2. The minimum atomic E-state index is -0.200. The van der Waals surface area contributed by atoms with Crippen LogP contribution in [0.5, 0.6) is 5.75 Å². The number of ether oxygens (including phenoxy) is 1. The van der Waals surface area contributed by atoms with Gasteiger partial charge in [-0.05, 0) is 24.3 Å². The molecule has 28 heavy (non-hydrogen) atoms. The molecule has 2 aromatic heterocycles. The molecule has 0 aliphatic carbocycles. The minimum Gasteiger partial charge on any atom is -0.497 e. The van der Waals surface area contributed by atoms with Crippen LogP contribution in [0.25, 0.3) is 21.8 Å². The second-order valence-electron chi connectivity index (χ2n) is 6.08. The van der Waals surface area contributed by atoms with E-state index < -0.39 is 0 Å². The Morgan fingerprint density at radius 3 is 2.64 bits per heavy atom. The molecule has 4 rings (SSSR count). The summed E-state index contributed by atoms with van der Waals surface area (Å²) in [6.07, 6.45) is 1.53. The Hall–Kier alpha value is -3.45. The number of methoxy groups -OCH3 is 1. The van der Waals surface area contributed by atoms with Gasteiger partial charge in [0.05, 0.1) is 36.8 Å². The zero-order chi connectivity index (χ0) is 19.3. The van der Waals surface area contributed by atoms with Crippen LogP contribution >= 0.6 is 11.3 Å². The molecule has 6 nitrogen and oxygen atoms in total. The first-order chi connectivity index (χ1) is 13.7. The first-order valence-electron chi connectivity index (χ1n) is 8.70. The second-order valence-corrected chi connectivity index (χ2v) is 6.94. The Bertz CT molecular complexity index is 1070. The smallest absolute Gasteiger partial charge is 0.255 e. The molecular formula is C21H18N4O2S. The molecule has 0 bridgehead atoms. The highest BCUT2D eigenvalue weighted by atomic mass is 32.1. The van der Waals surface area contributed by atoms with Crippen molar-refractivity contribution in [1.82, 2.24) is 20.5 Å². The molecule has 0 saturated heterocycles. The average Bonchev–Trinajstić information content (AvgIpc) is 3.43. The second kappa shape index (κ2) is 8.06. The van der Waals surface area contributed by atoms with E-state index in [1.807, 2.05) is 60.0 Å². The maximum atomic E-state index is 12.7. The third kappa shape index (κ3) is 3.79. The van der Waals surface area contributed by atoms with Crippen molar-refractivity contribution >= 4 is 17.2 Å². The number of thiazole rings is 1. The summed E-state index contributed by atoms with van der Waals surface area (Å²) in [6.45, 7) is 0.357. The molecule has 0 unspecified atom stereocenters. The highest BCUT2D eigenvalue weighted by Gasteiger charge is 2.16. The Labute approximate surface area is 166 Å². The van der Waals surface area contributed by atoms with Gasteiger partial charge in [0.2, 0.25) is 0 Å². The van der Waals surface area contributed by atoms with Gasteiger partial charge in [-0.3, -0.25) is 9.89 Å². The fraction of sp³-hybridized carbons (Fsp3) is 0.0952. The maximum Gasteiger partial charge on any atom is 0.255 e. The van der Waals surface area contributed by atoms with Crippen LogP contribution in [0.1, 0.15) is 16.1 Å². The summed E-state index contributed by atoms with van der Waals surface area (Å²) in [5, 5.41) is 12.7. The minimum absolute atomic E-state index is 0.200. The highest BCUT2D eigenvalue weighted by molar-refractivity contribution is 7.13. The first-order valence-corrected chi connectivity index (χ1v) is 9.58. The number of hydrogen-bond acceptors (Lipinski definition) is 5. The van der Waals surface area contributed by atoms with Crippen LogP contribution in [0.15, 0.2) is 66.2 Å². The number of aromatic amines is 1. The zero-order valence-corrected chi connectivity index (χ0v) is 16.0. The van der Waals surface area contributed by atoms with E-state index in [4.69, 9.17) is 4.74 Å². The summed E-state index contributed by atoms with van der Waals surface area (Å²) < 4.78 is 5.17. The van der Waals surface area contributed by atoms with Gasteiger partial charge >= 0.3 is 0 Å². The van der Waals surface area contributed by atoms with E-state index >= 15 is 0 Å². The summed E-state index contributed by atoms with van der Waals surface area (Å²) in [6, 6.07) is 17.4. The molecule has 140 valence electrons. The van der Waals surface area contributed by atoms with Crippen LogP contribution in [-0.2, 0) is 6.54 Å². The molecular weight excluding hydrogens is 372 g/mol. The quantitative estimate of drug-likeness (QED) is 0.519. The summed E-state index contributed by atoms with van der Waals surface area (Å²) in [5.74, 6) is 0.556. The maximum absolute atomic E-state index is 12.7. The zero-order valence-electron chi connectivity index (χ0n) is 15.2. The van der Waals surface area contributed by atoms with Crippen molar-refractivity contribution in [2.45, 2.75) is 6.54 Å². The first kappa shape index (κ1) is 17.9. The van der Waals surface area contributed by atoms with Gasteiger partial charge in [-0.15, -0.1) is 11.3 Å². The molecule has 2 aromatic carbocycles. The number of H-pyrrole nitrogens is 1. The normalized spacial score (nSPS) is 10.6. The number of benzene rings is 2. The molecule has 4 aromatic rings. The van der Waals surface area contributed by atoms with Crippen LogP contribution < -0.4 is 10.1 Å². The van der Waals surface area contributed by atoms with Crippen LogP contribution in [-0.4, -0.2) is 28.2 Å². The molecule has 0 aliphatic heterocycles. The molecule has 2 heterocycles. The monoisotopic (exact) mass is 390 g/mol. The third-order valence-corrected chi connectivity index (χ3v) is 5.21. The number of hydrogen-bond donors (Lipinski definition) is 2. The molecule has 1 amide bonds. The molecule has 0 saturated carbocycles. The number of carbonyl (C=O) groups is 1. The van der Waals surface area contributed by atoms with Crippen LogP contribution in [0, 0.1) is 0 Å². The molecule has 7 heteroatoms. The SMILES string of the molecule is COc1ccc(-c2[nH]ncc2C(=O)NCc2csc(-c3ccccc3)n2)cc1. The van der Waals surface area contributed by atoms with E-state index in [0.29, 0.717) is 17.8 Å². The van der Waals surface area contributed by atoms with Gasteiger partial charge in [0.1, 0.15) is 10.8 Å². The number of aromatic nitrogens is 3. The predicted octanol–water partition coefficient (Wildman–Crippen LogP) is 4.14. The van der Waals surface area contributed by atoms with Gasteiger partial charge in [-0.25, -0.2) is 4.98 Å². The van der Waals surface area contributed by atoms with Crippen LogP contribution in [0.3, 0.4) is 0 Å². The standard InChI is InChI=1S/C21H18N4O2S/c1-27-17-9-7-14(8-10-17)19-18(12-23-25-19)20(26)22-11-16-13-28-21(24-16)15-5-3-2-4-6-15/h2-10,12-13H,11H2,1H3,(H,22,26)(H,23,25). The van der Waals surface area contributed by atoms with Gasteiger partial charge in [-0.1, -0.05) is 30.3 Å². The van der Waals surface area contributed by atoms with Crippen molar-refractivity contribution in [3.05, 3.63) is 77.4 Å². The number of carbonyl (C=O) groups excluding carboxylic acids is 1. The van der Waals surface area contributed by atoms with Crippen molar-refractivity contribution < 1.29 is 9.53 Å². The molecule has 0 fully saturated rings. The predicted molar refractivity (Wildman–Crippen MR) is 109 cm³/mol. The molecule has 0 spiro atoms. The summed E-state index contributed by atoms with van der Waals surface area (Å²) in [7, 11) is 1.62. The summed E-state index contributed by atoms with van der Waals surface area (Å²) in [4.78, 5) is 17.3. The molecule has 2 N–H and O–H groups in total. The molecule has 0 aliphatic rings. The van der Waals surface area contributed by atoms with Gasteiger partial charge in [0, 0.05) is 16.5 Å². The van der Waals surface area contributed by atoms with Crippen molar-refractivity contribution in [3.63, 3.8) is 0 Å². The lowest BCUT2D eigenvalue weighted by Gasteiger charge is -2.06. The Kier molecular flexibility index (Phi) is 5.16. The van der Waals surface area contributed by atoms with E-state index in [9.17, 15) is 4.79 Å². The van der Waals surface area contributed by atoms with Gasteiger partial charge in [-0.2, -0.15) is 5.10 Å². The molecule has 0 atom stereocenters. The van der Waals surface area contributed by atoms with Crippen molar-refractivity contribution in [2.24, 2.45) is 0 Å². The Balaban J connectivity index is 1.45. The highest BCUT2D eigenvalue weighted by Crippen LogP contribution is 2.25. The van der Waals surface area contributed by atoms with Gasteiger partial charge in [0.15, 0.2) is 0 Å². The van der Waals surface area contributed by atoms with Crippen molar-refractivity contribution in [2.75, 3.05) is 7.11 Å². The van der Waals surface area contributed by atoms with E-state index in [2.05, 4.69) is 20.5 Å². The Morgan fingerprint density at radius 1 is 1.11 bits per heavy atom. The molecule has 0 radical (unpaired) electrons. The van der Waals surface area contributed by atoms with E-state index in [-0.39, 0.29) is 5.91 Å². The topological polar surface area (TPSA) is 79.9 Å². The van der Waals surface area contributed by atoms with Gasteiger partial charge in [0.25, 0.3) is 5.91 Å². The largest absolute Gasteiger partial charge is 0.497 e. The van der Waals surface area contributed by atoms with E-state index in [1.165, 1.54) is 6.20 Å². The van der Waals surface area contributed by atoms with Crippen molar-refractivity contribution in [1.29, 1.82) is 0 Å².